The maximum Gasteiger partial charge on any atom is 0.108 e. The molecule has 0 spiro atoms. The molecule has 2 rings (SSSR count). The summed E-state index contributed by atoms with van der Waals surface area (Å²) in [6.07, 6.45) is 23.8. The number of hydrogen-bond acceptors (Lipinski definition) is 1. The number of alkyl halides is 1. The van der Waals surface area contributed by atoms with Gasteiger partial charge in [0.1, 0.15) is 5.67 Å². The van der Waals surface area contributed by atoms with Gasteiger partial charge in [-0.3, -0.25) is 0 Å². The van der Waals surface area contributed by atoms with Gasteiger partial charge in [-0.15, -0.1) is 6.58 Å². The average molecular weight is 495 g/mol. The van der Waals surface area contributed by atoms with Crippen molar-refractivity contribution in [3.63, 3.8) is 0 Å². The van der Waals surface area contributed by atoms with Gasteiger partial charge in [0.25, 0.3) is 0 Å². The fourth-order valence-electron chi connectivity index (χ4n) is 5.87. The zero-order chi connectivity index (χ0) is 26.8. The molecule has 1 saturated carbocycles. The van der Waals surface area contributed by atoms with E-state index in [0.29, 0.717) is 19.4 Å². The minimum atomic E-state index is -1.03. The average Bonchev–Trinajstić information content (AvgIpc) is 3.30. The maximum atomic E-state index is 14.6. The van der Waals surface area contributed by atoms with Gasteiger partial charge in [-0.1, -0.05) is 94.9 Å². The smallest absolute Gasteiger partial charge is 0.108 e. The first-order chi connectivity index (χ1) is 17.1. The Morgan fingerprint density at radius 3 is 2.25 bits per heavy atom. The van der Waals surface area contributed by atoms with Gasteiger partial charge >= 0.3 is 0 Å². The van der Waals surface area contributed by atoms with E-state index in [1.807, 2.05) is 19.1 Å². The molecule has 1 nitrogen and oxygen atoms in total. The van der Waals surface area contributed by atoms with E-state index in [4.69, 9.17) is 4.74 Å². The largest absolute Gasteiger partial charge is 0.366 e. The molecule has 2 unspecified atom stereocenters. The molecule has 1 fully saturated rings. The summed E-state index contributed by atoms with van der Waals surface area (Å²) < 4.78 is 21.3. The van der Waals surface area contributed by atoms with Crippen LogP contribution in [0.2, 0.25) is 0 Å². The molecule has 0 aromatic carbocycles. The number of hydrogen-bond donors (Lipinski definition) is 0. The summed E-state index contributed by atoms with van der Waals surface area (Å²) in [4.78, 5) is 0. The second kappa shape index (κ2) is 13.6. The van der Waals surface area contributed by atoms with E-state index in [1.165, 1.54) is 16.7 Å². The molecular weight excluding hydrogens is 443 g/mol. The SMILES string of the molecule is C=CC(CC)(CC1(CC)CCC(C)(F)CC1)OCC(=C)C1=CC=C(C(=C)CCC)C1C/C=C/C=C\C. The molecule has 0 radical (unpaired) electrons. The van der Waals surface area contributed by atoms with Crippen LogP contribution in [0.15, 0.2) is 84.6 Å². The highest BCUT2D eigenvalue weighted by atomic mass is 19.1. The Kier molecular flexibility index (Phi) is 11.4. The highest BCUT2D eigenvalue weighted by molar-refractivity contribution is 5.52. The molecule has 0 N–H and O–H groups in total. The second-order valence-electron chi connectivity index (χ2n) is 11.3. The molecule has 2 atom stereocenters. The molecular formula is C34H51FO. The number of ether oxygens (including phenoxy) is 1. The van der Waals surface area contributed by atoms with Crippen LogP contribution in [-0.2, 0) is 4.74 Å². The number of halogens is 1. The van der Waals surface area contributed by atoms with Gasteiger partial charge in [0, 0.05) is 5.92 Å². The lowest BCUT2D eigenvalue weighted by Crippen LogP contribution is -2.42. The van der Waals surface area contributed by atoms with Crippen molar-refractivity contribution in [2.75, 3.05) is 6.61 Å². The summed E-state index contributed by atoms with van der Waals surface area (Å²) in [7, 11) is 0. The van der Waals surface area contributed by atoms with Crippen molar-refractivity contribution in [3.8, 4) is 0 Å². The molecule has 2 aliphatic carbocycles. The highest BCUT2D eigenvalue weighted by Crippen LogP contribution is 2.50. The molecule has 0 saturated heterocycles. The molecule has 36 heavy (non-hydrogen) atoms. The Morgan fingerprint density at radius 2 is 1.72 bits per heavy atom. The van der Waals surface area contributed by atoms with Gasteiger partial charge in [0.05, 0.1) is 12.2 Å². The molecule has 0 aromatic rings. The van der Waals surface area contributed by atoms with Crippen LogP contribution in [0.25, 0.3) is 0 Å². The zero-order valence-corrected chi connectivity index (χ0v) is 23.8. The van der Waals surface area contributed by atoms with Crippen LogP contribution in [0.1, 0.15) is 98.8 Å². The fraction of sp³-hybridized carbons (Fsp3) is 0.588. The number of rotatable bonds is 15. The van der Waals surface area contributed by atoms with Crippen LogP contribution in [-0.4, -0.2) is 17.9 Å². The van der Waals surface area contributed by atoms with Crippen LogP contribution < -0.4 is 0 Å². The molecule has 2 heteroatoms. The standard InChI is InChI=1S/C34H51FO/c1-9-14-15-16-18-31-29(27(6)17-10-2)19-20-30(31)28(7)25-36-34(12-4,13-5)26-33(11-3)23-21-32(8,35)22-24-33/h9,12,14-16,19-20,31H,4,6-7,10-11,13,17-18,21-26H2,1-3,5,8H3/b14-9-,16-15+. The lowest BCUT2D eigenvalue weighted by molar-refractivity contribution is -0.0573. The topological polar surface area (TPSA) is 9.23 Å². The van der Waals surface area contributed by atoms with E-state index < -0.39 is 11.3 Å². The van der Waals surface area contributed by atoms with Crippen LogP contribution in [0.5, 0.6) is 0 Å². The summed E-state index contributed by atoms with van der Waals surface area (Å²) in [6, 6.07) is 0. The first-order valence-corrected chi connectivity index (χ1v) is 14.1. The van der Waals surface area contributed by atoms with Crippen molar-refractivity contribution in [1.29, 1.82) is 0 Å². The summed E-state index contributed by atoms with van der Waals surface area (Å²) in [6.45, 7) is 23.9. The van der Waals surface area contributed by atoms with Crippen molar-refractivity contribution >= 4 is 0 Å². The van der Waals surface area contributed by atoms with Gasteiger partial charge in [-0.05, 0) is 87.3 Å². The normalized spacial score (nSPS) is 28.2. The molecule has 0 amide bonds. The predicted molar refractivity (Wildman–Crippen MR) is 156 cm³/mol. The van der Waals surface area contributed by atoms with Gasteiger partial charge in [0.15, 0.2) is 0 Å². The van der Waals surface area contributed by atoms with E-state index in [1.54, 1.807) is 6.92 Å². The van der Waals surface area contributed by atoms with Crippen molar-refractivity contribution in [2.45, 2.75) is 110 Å². The molecule has 2 aliphatic rings. The maximum absolute atomic E-state index is 14.6. The lowest BCUT2D eigenvalue weighted by Gasteiger charge is -2.46. The molecule has 200 valence electrons. The quantitative estimate of drug-likeness (QED) is 0.162. The zero-order valence-electron chi connectivity index (χ0n) is 23.8. The molecule has 0 aliphatic heterocycles. The second-order valence-corrected chi connectivity index (χ2v) is 11.3. The lowest BCUT2D eigenvalue weighted by atomic mass is 9.63. The van der Waals surface area contributed by atoms with Gasteiger partial charge < -0.3 is 4.74 Å². The fourth-order valence-corrected chi connectivity index (χ4v) is 5.87. The van der Waals surface area contributed by atoms with E-state index >= 15 is 0 Å². The summed E-state index contributed by atoms with van der Waals surface area (Å²) in [5.74, 6) is 0.268. The highest BCUT2D eigenvalue weighted by Gasteiger charge is 2.44. The summed E-state index contributed by atoms with van der Waals surface area (Å²) >= 11 is 0. The predicted octanol–water partition coefficient (Wildman–Crippen LogP) is 10.3. The van der Waals surface area contributed by atoms with Crippen LogP contribution in [0, 0.1) is 11.3 Å². The third-order valence-electron chi connectivity index (χ3n) is 8.65. The molecule has 0 aromatic heterocycles. The Morgan fingerprint density at radius 1 is 1.08 bits per heavy atom. The first-order valence-electron chi connectivity index (χ1n) is 14.1. The monoisotopic (exact) mass is 494 g/mol. The van der Waals surface area contributed by atoms with Crippen molar-refractivity contribution < 1.29 is 9.13 Å². The van der Waals surface area contributed by atoms with Crippen LogP contribution in [0.3, 0.4) is 0 Å². The van der Waals surface area contributed by atoms with Crippen molar-refractivity contribution in [2.24, 2.45) is 11.3 Å². The van der Waals surface area contributed by atoms with Gasteiger partial charge in [-0.2, -0.15) is 0 Å². The van der Waals surface area contributed by atoms with Crippen LogP contribution >= 0.6 is 0 Å². The van der Waals surface area contributed by atoms with Gasteiger partial charge in [0.2, 0.25) is 0 Å². The Labute approximate surface area is 221 Å². The minimum absolute atomic E-state index is 0.108. The minimum Gasteiger partial charge on any atom is -0.366 e. The Hall–Kier alpha value is -1.93. The third kappa shape index (κ3) is 7.78. The van der Waals surface area contributed by atoms with Crippen LogP contribution in [0.4, 0.5) is 4.39 Å². The van der Waals surface area contributed by atoms with Crippen molar-refractivity contribution in [3.05, 3.63) is 84.6 Å². The van der Waals surface area contributed by atoms with E-state index in [-0.39, 0.29) is 11.3 Å². The molecule has 0 heterocycles. The van der Waals surface area contributed by atoms with E-state index in [9.17, 15) is 4.39 Å². The summed E-state index contributed by atoms with van der Waals surface area (Å²) in [5.41, 5.74) is 3.47. The third-order valence-corrected chi connectivity index (χ3v) is 8.65. The van der Waals surface area contributed by atoms with E-state index in [0.717, 1.165) is 56.9 Å². The molecule has 0 bridgehead atoms. The first kappa shape index (κ1) is 30.3. The number of allylic oxidation sites excluding steroid dienone is 8. The Balaban J connectivity index is 2.15. The summed E-state index contributed by atoms with van der Waals surface area (Å²) in [5, 5.41) is 0. The van der Waals surface area contributed by atoms with Crippen molar-refractivity contribution in [1.82, 2.24) is 0 Å². The van der Waals surface area contributed by atoms with Gasteiger partial charge in [-0.25, -0.2) is 4.39 Å². The van der Waals surface area contributed by atoms with E-state index in [2.05, 4.69) is 70.9 Å². The Bertz CT molecular complexity index is 886.